The molecule has 1 aliphatic rings. The molecule has 23 heavy (non-hydrogen) atoms. The number of nitrogens with zero attached hydrogens (tertiary/aromatic N) is 1. The third-order valence-electron chi connectivity index (χ3n) is 4.66. The smallest absolute Gasteiger partial charge is 0.226 e. The Labute approximate surface area is 147 Å². The molecule has 0 aromatic heterocycles. The maximum absolute atomic E-state index is 12.4. The Morgan fingerprint density at radius 3 is 2.35 bits per heavy atom. The number of piperidine rings is 1. The summed E-state index contributed by atoms with van der Waals surface area (Å²) in [7, 11) is 2.00. The molecule has 3 nitrogen and oxygen atoms in total. The van der Waals surface area contributed by atoms with Crippen molar-refractivity contribution in [1.82, 2.24) is 10.2 Å². The Balaban J connectivity index is 0.00000264. The molecule has 0 saturated carbocycles. The quantitative estimate of drug-likeness (QED) is 0.825. The number of amides is 1. The van der Waals surface area contributed by atoms with E-state index in [4.69, 9.17) is 0 Å². The molecule has 0 atom stereocenters. The summed E-state index contributed by atoms with van der Waals surface area (Å²) in [6.07, 6.45) is 6.41. The largest absolute Gasteiger partial charge is 0.342 e. The van der Waals surface area contributed by atoms with Gasteiger partial charge in [0.1, 0.15) is 0 Å². The lowest BCUT2D eigenvalue weighted by Crippen LogP contribution is -2.41. The van der Waals surface area contributed by atoms with Crippen LogP contribution in [-0.4, -0.2) is 37.5 Å². The highest BCUT2D eigenvalue weighted by Crippen LogP contribution is 2.17. The van der Waals surface area contributed by atoms with Gasteiger partial charge in [0.25, 0.3) is 0 Å². The maximum atomic E-state index is 12.4. The third kappa shape index (κ3) is 6.52. The third-order valence-corrected chi connectivity index (χ3v) is 4.66. The first-order chi connectivity index (χ1) is 10.7. The van der Waals surface area contributed by atoms with Gasteiger partial charge < -0.3 is 10.2 Å². The lowest BCUT2D eigenvalue weighted by Gasteiger charge is -2.32. The van der Waals surface area contributed by atoms with Gasteiger partial charge in [0.2, 0.25) is 5.91 Å². The van der Waals surface area contributed by atoms with Gasteiger partial charge in [-0.1, -0.05) is 37.6 Å². The van der Waals surface area contributed by atoms with Gasteiger partial charge >= 0.3 is 0 Å². The lowest BCUT2D eigenvalue weighted by molar-refractivity contribution is -0.131. The molecule has 0 radical (unpaired) electrons. The summed E-state index contributed by atoms with van der Waals surface area (Å²) in [6, 6.07) is 8.60. The summed E-state index contributed by atoms with van der Waals surface area (Å²) in [6.45, 7) is 5.12. The van der Waals surface area contributed by atoms with Gasteiger partial charge in [0.05, 0.1) is 6.42 Å². The minimum absolute atomic E-state index is 0. The van der Waals surface area contributed by atoms with Gasteiger partial charge in [-0.3, -0.25) is 4.79 Å². The number of carbonyl (C=O) groups excluding carboxylic acids is 1. The van der Waals surface area contributed by atoms with Crippen LogP contribution in [0.5, 0.6) is 0 Å². The molecule has 1 saturated heterocycles. The van der Waals surface area contributed by atoms with E-state index in [9.17, 15) is 4.79 Å². The minimum Gasteiger partial charge on any atom is -0.342 e. The topological polar surface area (TPSA) is 32.3 Å². The maximum Gasteiger partial charge on any atom is 0.226 e. The van der Waals surface area contributed by atoms with Crippen LogP contribution >= 0.6 is 12.4 Å². The number of carbonyl (C=O) groups is 1. The number of likely N-dealkylation sites (tertiary alicyclic amines) is 1. The highest BCUT2D eigenvalue weighted by molar-refractivity contribution is 5.85. The van der Waals surface area contributed by atoms with E-state index in [-0.39, 0.29) is 18.3 Å². The lowest BCUT2D eigenvalue weighted by atomic mass is 9.96. The number of rotatable bonds is 7. The highest BCUT2D eigenvalue weighted by Gasteiger charge is 2.22. The first-order valence-corrected chi connectivity index (χ1v) is 8.73. The van der Waals surface area contributed by atoms with E-state index in [1.807, 2.05) is 11.9 Å². The van der Waals surface area contributed by atoms with E-state index in [2.05, 4.69) is 36.5 Å². The van der Waals surface area contributed by atoms with Crippen molar-refractivity contribution in [1.29, 1.82) is 0 Å². The number of hydrogen-bond acceptors (Lipinski definition) is 2. The van der Waals surface area contributed by atoms with Gasteiger partial charge in [-0.2, -0.15) is 0 Å². The van der Waals surface area contributed by atoms with Crippen molar-refractivity contribution in [2.75, 3.05) is 26.7 Å². The molecule has 0 bridgehead atoms. The first-order valence-electron chi connectivity index (χ1n) is 8.73. The fourth-order valence-electron chi connectivity index (χ4n) is 3.17. The molecule has 0 unspecified atom stereocenters. The summed E-state index contributed by atoms with van der Waals surface area (Å²) >= 11 is 0. The van der Waals surface area contributed by atoms with Gasteiger partial charge in [-0.05, 0) is 56.3 Å². The monoisotopic (exact) mass is 338 g/mol. The summed E-state index contributed by atoms with van der Waals surface area (Å²) < 4.78 is 0. The zero-order chi connectivity index (χ0) is 15.8. The fourth-order valence-corrected chi connectivity index (χ4v) is 3.17. The van der Waals surface area contributed by atoms with Crippen molar-refractivity contribution >= 4 is 18.3 Å². The zero-order valence-electron chi connectivity index (χ0n) is 14.5. The van der Waals surface area contributed by atoms with E-state index in [1.54, 1.807) is 0 Å². The Kier molecular flexibility index (Phi) is 9.27. The second kappa shape index (κ2) is 10.7. The van der Waals surface area contributed by atoms with E-state index >= 15 is 0 Å². The van der Waals surface area contributed by atoms with Crippen molar-refractivity contribution in [2.24, 2.45) is 5.92 Å². The first kappa shape index (κ1) is 20.0. The van der Waals surface area contributed by atoms with Crippen molar-refractivity contribution in [3.05, 3.63) is 35.4 Å². The second-order valence-electron chi connectivity index (χ2n) is 6.48. The molecule has 1 aromatic rings. The van der Waals surface area contributed by atoms with Crippen molar-refractivity contribution in [3.63, 3.8) is 0 Å². The molecule has 2 rings (SSSR count). The predicted octanol–water partition coefficient (Wildman–Crippen LogP) is 3.45. The van der Waals surface area contributed by atoms with Crippen LogP contribution in [0.3, 0.4) is 0 Å². The summed E-state index contributed by atoms with van der Waals surface area (Å²) in [5.74, 6) is 1.01. The predicted molar refractivity (Wildman–Crippen MR) is 99.2 cm³/mol. The fraction of sp³-hybridized carbons (Fsp3) is 0.632. The van der Waals surface area contributed by atoms with Gasteiger partial charge in [0, 0.05) is 13.1 Å². The molecule has 130 valence electrons. The Morgan fingerprint density at radius 2 is 1.78 bits per heavy atom. The normalized spacial score (nSPS) is 15.3. The van der Waals surface area contributed by atoms with Crippen molar-refractivity contribution in [3.8, 4) is 0 Å². The molecule has 1 amide bonds. The highest BCUT2D eigenvalue weighted by atomic mass is 35.5. The van der Waals surface area contributed by atoms with Crippen LogP contribution in [0.4, 0.5) is 0 Å². The molecular formula is C19H31ClN2O. The van der Waals surface area contributed by atoms with Crippen LogP contribution in [0, 0.1) is 5.92 Å². The molecule has 1 aromatic carbocycles. The van der Waals surface area contributed by atoms with Crippen LogP contribution in [0.2, 0.25) is 0 Å². The van der Waals surface area contributed by atoms with Gasteiger partial charge in [0.15, 0.2) is 0 Å². The molecular weight excluding hydrogens is 308 g/mol. The van der Waals surface area contributed by atoms with E-state index < -0.39 is 0 Å². The molecule has 1 N–H and O–H groups in total. The average molecular weight is 339 g/mol. The number of nitrogens with one attached hydrogen (secondary N) is 1. The van der Waals surface area contributed by atoms with Crippen LogP contribution in [0.15, 0.2) is 24.3 Å². The van der Waals surface area contributed by atoms with Crippen molar-refractivity contribution in [2.45, 2.75) is 45.4 Å². The number of hydrogen-bond donors (Lipinski definition) is 1. The zero-order valence-corrected chi connectivity index (χ0v) is 15.3. The van der Waals surface area contributed by atoms with Gasteiger partial charge in [-0.25, -0.2) is 0 Å². The van der Waals surface area contributed by atoms with E-state index in [0.717, 1.165) is 50.4 Å². The van der Waals surface area contributed by atoms with Crippen molar-refractivity contribution < 1.29 is 4.79 Å². The van der Waals surface area contributed by atoms with Gasteiger partial charge in [-0.15, -0.1) is 12.4 Å². The minimum atomic E-state index is 0. The summed E-state index contributed by atoms with van der Waals surface area (Å²) in [5.41, 5.74) is 2.52. The number of unbranched alkanes of at least 4 members (excludes halogenated alkanes) is 1. The number of aryl methyl sites for hydroxylation is 1. The Hall–Kier alpha value is -1.06. The molecule has 1 heterocycles. The molecule has 0 spiro atoms. The molecule has 0 aliphatic carbocycles. The second-order valence-corrected chi connectivity index (χ2v) is 6.48. The average Bonchev–Trinajstić information content (AvgIpc) is 2.55. The summed E-state index contributed by atoms with van der Waals surface area (Å²) in [4.78, 5) is 14.4. The van der Waals surface area contributed by atoms with Crippen LogP contribution < -0.4 is 5.32 Å². The van der Waals surface area contributed by atoms with Crippen LogP contribution in [0.1, 0.15) is 43.7 Å². The number of halogens is 1. The van der Waals surface area contributed by atoms with E-state index in [1.165, 1.54) is 18.4 Å². The van der Waals surface area contributed by atoms with Crippen LogP contribution in [-0.2, 0) is 17.6 Å². The standard InChI is InChI=1S/C19H30N2O.ClH/c1-3-4-5-16-6-8-17(9-7-16)14-19(22)21-12-10-18(11-13-21)15-20-2;/h6-9,18,20H,3-5,10-15H2,1-2H3;1H. The summed E-state index contributed by atoms with van der Waals surface area (Å²) in [5, 5.41) is 3.24. The molecule has 1 fully saturated rings. The van der Waals surface area contributed by atoms with Crippen LogP contribution in [0.25, 0.3) is 0 Å². The molecule has 1 aliphatic heterocycles. The number of benzene rings is 1. The Morgan fingerprint density at radius 1 is 1.17 bits per heavy atom. The molecule has 4 heteroatoms. The SMILES string of the molecule is CCCCc1ccc(CC(=O)N2CCC(CNC)CC2)cc1.Cl. The van der Waals surface area contributed by atoms with E-state index in [0.29, 0.717) is 6.42 Å². The Bertz CT molecular complexity index is 453.